The van der Waals surface area contributed by atoms with Crippen LogP contribution < -0.4 is 0 Å². The lowest BCUT2D eigenvalue weighted by molar-refractivity contribution is -0.147. The molecule has 1 unspecified atom stereocenters. The van der Waals surface area contributed by atoms with Gasteiger partial charge in [-0.15, -0.1) is 0 Å². The Labute approximate surface area is 157 Å². The molecule has 0 saturated carbocycles. The van der Waals surface area contributed by atoms with Crippen LogP contribution in [0.25, 0.3) is 0 Å². The van der Waals surface area contributed by atoms with Crippen LogP contribution in [0.5, 0.6) is 0 Å². The van der Waals surface area contributed by atoms with Crippen molar-refractivity contribution in [2.45, 2.75) is 30.9 Å². The average molecular weight is 419 g/mol. The first-order chi connectivity index (χ1) is 11.9. The smallest absolute Gasteiger partial charge is 0.322 e. The van der Waals surface area contributed by atoms with Crippen molar-refractivity contribution >= 4 is 21.9 Å². The highest BCUT2D eigenvalue weighted by molar-refractivity contribution is 9.10. The van der Waals surface area contributed by atoms with Crippen molar-refractivity contribution in [3.63, 3.8) is 0 Å². The van der Waals surface area contributed by atoms with Gasteiger partial charge in [-0.2, -0.15) is 0 Å². The lowest BCUT2D eigenvalue weighted by Crippen LogP contribution is -2.28. The van der Waals surface area contributed by atoms with Crippen LogP contribution in [-0.2, 0) is 30.3 Å². The molecule has 0 aliphatic heterocycles. The van der Waals surface area contributed by atoms with Gasteiger partial charge in [0.25, 0.3) is 0 Å². The number of alkyl halides is 1. The maximum Gasteiger partial charge on any atom is 0.322 e. The van der Waals surface area contributed by atoms with Crippen LogP contribution in [0.4, 0.5) is 0 Å². The molecule has 142 valence electrons. The van der Waals surface area contributed by atoms with Crippen LogP contribution in [0.3, 0.4) is 0 Å². The van der Waals surface area contributed by atoms with Crippen molar-refractivity contribution in [3.8, 4) is 0 Å². The highest BCUT2D eigenvalue weighted by Crippen LogP contribution is 2.17. The van der Waals surface area contributed by atoms with Crippen LogP contribution in [-0.4, -0.2) is 61.1 Å². The molecule has 0 bridgehead atoms. The summed E-state index contributed by atoms with van der Waals surface area (Å²) >= 11 is 3.22. The van der Waals surface area contributed by atoms with Crippen molar-refractivity contribution < 1.29 is 28.8 Å². The van der Waals surface area contributed by atoms with Crippen LogP contribution >= 0.6 is 15.9 Å². The minimum atomic E-state index is -0.686. The predicted molar refractivity (Wildman–Crippen MR) is 97.7 cm³/mol. The number of halogens is 1. The van der Waals surface area contributed by atoms with E-state index in [0.29, 0.717) is 26.4 Å². The Morgan fingerprint density at radius 3 is 2.32 bits per heavy atom. The molecule has 25 heavy (non-hydrogen) atoms. The molecule has 0 fully saturated rings. The number of esters is 1. The van der Waals surface area contributed by atoms with E-state index in [0.717, 1.165) is 5.56 Å². The molecule has 1 N–H and O–H groups in total. The summed E-state index contributed by atoms with van der Waals surface area (Å²) in [6.45, 7) is 5.53. The lowest BCUT2D eigenvalue weighted by Gasteiger charge is -2.15. The number of benzene rings is 1. The number of hydrogen-bond acceptors (Lipinski definition) is 6. The first-order valence-electron chi connectivity index (χ1n) is 8.21. The second kappa shape index (κ2) is 12.4. The summed E-state index contributed by atoms with van der Waals surface area (Å²) in [5, 5.41) is 9.75. The average Bonchev–Trinajstić information content (AvgIpc) is 2.57. The number of rotatable bonds is 13. The van der Waals surface area contributed by atoms with E-state index in [9.17, 15) is 9.90 Å². The van der Waals surface area contributed by atoms with Gasteiger partial charge < -0.3 is 24.1 Å². The van der Waals surface area contributed by atoms with E-state index in [1.54, 1.807) is 13.8 Å². The Morgan fingerprint density at radius 1 is 1.04 bits per heavy atom. The van der Waals surface area contributed by atoms with Gasteiger partial charge in [0.15, 0.2) is 0 Å². The van der Waals surface area contributed by atoms with Crippen molar-refractivity contribution in [3.05, 3.63) is 35.9 Å². The first kappa shape index (κ1) is 22.1. The van der Waals surface area contributed by atoms with Crippen molar-refractivity contribution in [2.24, 2.45) is 0 Å². The third-order valence-corrected chi connectivity index (χ3v) is 3.37. The summed E-state index contributed by atoms with van der Waals surface area (Å²) in [4.78, 5) is 11.5. The normalized spacial score (nSPS) is 12.8. The second-order valence-corrected chi connectivity index (χ2v) is 7.93. The SMILES string of the molecule is CC(C)(Br)C(=O)OCCOCCOCC(O)COCc1ccccc1. The molecule has 1 atom stereocenters. The molecule has 0 aliphatic carbocycles. The fourth-order valence-electron chi connectivity index (χ4n) is 1.74. The summed E-state index contributed by atoms with van der Waals surface area (Å²) in [6, 6.07) is 9.77. The largest absolute Gasteiger partial charge is 0.462 e. The predicted octanol–water partition coefficient (Wildman–Crippen LogP) is 2.31. The van der Waals surface area contributed by atoms with Crippen molar-refractivity contribution in [2.75, 3.05) is 39.6 Å². The van der Waals surface area contributed by atoms with Crippen molar-refractivity contribution in [1.82, 2.24) is 0 Å². The summed E-state index contributed by atoms with van der Waals surface area (Å²) in [6.07, 6.45) is -0.675. The maximum atomic E-state index is 11.5. The molecule has 6 nitrogen and oxygen atoms in total. The van der Waals surface area contributed by atoms with Crippen molar-refractivity contribution in [1.29, 1.82) is 0 Å². The highest BCUT2D eigenvalue weighted by atomic mass is 79.9. The van der Waals surface area contributed by atoms with Gasteiger partial charge in [-0.3, -0.25) is 4.79 Å². The van der Waals surface area contributed by atoms with Gasteiger partial charge in [0.2, 0.25) is 0 Å². The van der Waals surface area contributed by atoms with Gasteiger partial charge in [0.05, 0.1) is 39.6 Å². The molecule has 0 amide bonds. The van der Waals surface area contributed by atoms with E-state index >= 15 is 0 Å². The minimum Gasteiger partial charge on any atom is -0.462 e. The fraction of sp³-hybridized carbons (Fsp3) is 0.611. The lowest BCUT2D eigenvalue weighted by atomic mass is 10.2. The Balaban J connectivity index is 1.91. The third kappa shape index (κ3) is 11.3. The van der Waals surface area contributed by atoms with Gasteiger partial charge in [-0.25, -0.2) is 0 Å². The summed E-state index contributed by atoms with van der Waals surface area (Å²) in [5.74, 6) is -0.328. The summed E-state index contributed by atoms with van der Waals surface area (Å²) in [7, 11) is 0. The summed E-state index contributed by atoms with van der Waals surface area (Å²) in [5.41, 5.74) is 1.06. The summed E-state index contributed by atoms with van der Waals surface area (Å²) < 4.78 is 20.4. The molecule has 0 spiro atoms. The van der Waals surface area contributed by atoms with Crippen LogP contribution in [0, 0.1) is 0 Å². The molecule has 0 heterocycles. The Bertz CT molecular complexity index is 474. The molecule has 1 aromatic rings. The first-order valence-corrected chi connectivity index (χ1v) is 9.00. The molecule has 0 aromatic heterocycles. The molecular formula is C18H27BrO6. The number of aliphatic hydroxyl groups is 1. The van der Waals surface area contributed by atoms with E-state index in [4.69, 9.17) is 18.9 Å². The van der Waals surface area contributed by atoms with E-state index in [1.165, 1.54) is 0 Å². The van der Waals surface area contributed by atoms with Gasteiger partial charge in [0, 0.05) is 0 Å². The topological polar surface area (TPSA) is 74.2 Å². The number of ether oxygens (including phenoxy) is 4. The minimum absolute atomic E-state index is 0.185. The van der Waals surface area contributed by atoms with Gasteiger partial charge >= 0.3 is 5.97 Å². The Hall–Kier alpha value is -0.990. The zero-order chi connectivity index (χ0) is 18.5. The third-order valence-electron chi connectivity index (χ3n) is 3.05. The van der Waals surface area contributed by atoms with Gasteiger partial charge in [-0.05, 0) is 19.4 Å². The quantitative estimate of drug-likeness (QED) is 0.301. The second-order valence-electron chi connectivity index (χ2n) is 5.95. The molecule has 0 saturated heterocycles. The van der Waals surface area contributed by atoms with Crippen LogP contribution in [0.1, 0.15) is 19.4 Å². The number of carbonyl (C=O) groups excluding carboxylic acids is 1. The monoisotopic (exact) mass is 418 g/mol. The van der Waals surface area contributed by atoms with Gasteiger partial charge in [0.1, 0.15) is 17.0 Å². The number of carbonyl (C=O) groups is 1. The van der Waals surface area contributed by atoms with E-state index < -0.39 is 10.4 Å². The van der Waals surface area contributed by atoms with Crippen LogP contribution in [0.15, 0.2) is 30.3 Å². The molecular weight excluding hydrogens is 392 g/mol. The zero-order valence-electron chi connectivity index (χ0n) is 14.8. The number of aliphatic hydroxyl groups excluding tert-OH is 1. The Morgan fingerprint density at radius 2 is 1.64 bits per heavy atom. The number of hydrogen-bond donors (Lipinski definition) is 1. The van der Waals surface area contributed by atoms with Crippen LogP contribution in [0.2, 0.25) is 0 Å². The molecule has 7 heteroatoms. The molecule has 0 radical (unpaired) electrons. The maximum absolute atomic E-state index is 11.5. The highest BCUT2D eigenvalue weighted by Gasteiger charge is 2.25. The molecule has 0 aliphatic rings. The standard InChI is InChI=1S/C18H27BrO6/c1-18(2,19)17(21)25-11-10-22-8-9-23-13-16(20)14-24-12-15-6-4-3-5-7-15/h3-7,16,20H,8-14H2,1-2H3. The van der Waals surface area contributed by atoms with E-state index in [2.05, 4.69) is 15.9 Å². The zero-order valence-corrected chi connectivity index (χ0v) is 16.4. The van der Waals surface area contributed by atoms with Gasteiger partial charge in [-0.1, -0.05) is 46.3 Å². The van der Waals surface area contributed by atoms with E-state index in [1.807, 2.05) is 30.3 Å². The van der Waals surface area contributed by atoms with E-state index in [-0.39, 0.29) is 25.8 Å². The fourth-order valence-corrected chi connectivity index (χ4v) is 1.85. The molecule has 1 aromatic carbocycles. The Kier molecular flexibility index (Phi) is 10.9. The molecule has 1 rings (SSSR count).